The SMILES string of the molecule is CN(C(=O)NC(CO)C(=O)O)c1cccc(C#N)c1. The predicted molar refractivity (Wildman–Crippen MR) is 66.6 cm³/mol. The fourth-order valence-corrected chi connectivity index (χ4v) is 1.33. The van der Waals surface area contributed by atoms with Crippen LogP contribution in [0.25, 0.3) is 0 Å². The van der Waals surface area contributed by atoms with Crippen LogP contribution in [0.15, 0.2) is 24.3 Å². The van der Waals surface area contributed by atoms with Crippen molar-refractivity contribution in [2.75, 3.05) is 18.6 Å². The van der Waals surface area contributed by atoms with Crippen LogP contribution in [0, 0.1) is 11.3 Å². The molecule has 1 unspecified atom stereocenters. The van der Waals surface area contributed by atoms with Gasteiger partial charge in [0.15, 0.2) is 6.04 Å². The molecule has 0 aliphatic rings. The van der Waals surface area contributed by atoms with Gasteiger partial charge in [-0.05, 0) is 18.2 Å². The summed E-state index contributed by atoms with van der Waals surface area (Å²) < 4.78 is 0. The number of nitrogens with one attached hydrogen (secondary N) is 1. The largest absolute Gasteiger partial charge is 0.480 e. The van der Waals surface area contributed by atoms with Gasteiger partial charge in [-0.3, -0.25) is 4.90 Å². The highest BCUT2D eigenvalue weighted by Gasteiger charge is 2.21. The Labute approximate surface area is 109 Å². The van der Waals surface area contributed by atoms with E-state index in [0.29, 0.717) is 11.3 Å². The highest BCUT2D eigenvalue weighted by atomic mass is 16.4. The normalized spacial score (nSPS) is 11.2. The number of aliphatic hydroxyl groups is 1. The van der Waals surface area contributed by atoms with Gasteiger partial charge in [0.25, 0.3) is 0 Å². The number of anilines is 1. The molecule has 100 valence electrons. The number of aliphatic carboxylic acids is 1. The Morgan fingerprint density at radius 2 is 2.21 bits per heavy atom. The zero-order valence-electron chi connectivity index (χ0n) is 10.2. The number of hydrogen-bond donors (Lipinski definition) is 3. The van der Waals surface area contributed by atoms with E-state index in [1.165, 1.54) is 13.1 Å². The molecule has 0 aliphatic heterocycles. The van der Waals surface area contributed by atoms with E-state index >= 15 is 0 Å². The summed E-state index contributed by atoms with van der Waals surface area (Å²) in [5.41, 5.74) is 0.827. The van der Waals surface area contributed by atoms with Crippen molar-refractivity contribution in [2.45, 2.75) is 6.04 Å². The van der Waals surface area contributed by atoms with Crippen molar-refractivity contribution in [2.24, 2.45) is 0 Å². The third-order valence-electron chi connectivity index (χ3n) is 2.45. The Hall–Kier alpha value is -2.59. The van der Waals surface area contributed by atoms with Gasteiger partial charge in [-0.2, -0.15) is 5.26 Å². The van der Waals surface area contributed by atoms with Crippen LogP contribution in [-0.4, -0.2) is 41.9 Å². The maximum absolute atomic E-state index is 11.8. The summed E-state index contributed by atoms with van der Waals surface area (Å²) in [5, 5.41) is 28.5. The van der Waals surface area contributed by atoms with Crippen LogP contribution in [0.5, 0.6) is 0 Å². The van der Waals surface area contributed by atoms with Gasteiger partial charge >= 0.3 is 12.0 Å². The summed E-state index contributed by atoms with van der Waals surface area (Å²) in [5.74, 6) is -1.32. The molecule has 0 saturated carbocycles. The lowest BCUT2D eigenvalue weighted by atomic mass is 10.2. The number of nitriles is 1. The molecular weight excluding hydrogens is 250 g/mol. The number of carbonyl (C=O) groups excluding carboxylic acids is 1. The monoisotopic (exact) mass is 263 g/mol. The molecule has 1 rings (SSSR count). The summed E-state index contributed by atoms with van der Waals surface area (Å²) in [7, 11) is 1.43. The van der Waals surface area contributed by atoms with Crippen LogP contribution in [0.4, 0.5) is 10.5 Å². The molecule has 1 atom stereocenters. The summed E-state index contributed by atoms with van der Waals surface area (Å²) in [4.78, 5) is 23.6. The van der Waals surface area contributed by atoms with Crippen molar-refractivity contribution in [3.63, 3.8) is 0 Å². The first-order chi connectivity index (χ1) is 8.99. The van der Waals surface area contributed by atoms with Crippen LogP contribution in [-0.2, 0) is 4.79 Å². The number of amides is 2. The number of urea groups is 1. The standard InChI is InChI=1S/C12H13N3O4/c1-15(9-4-2-3-8(5-9)6-13)12(19)14-10(7-16)11(17)18/h2-5,10,16H,7H2,1H3,(H,14,19)(H,17,18). The molecule has 0 bridgehead atoms. The number of hydrogen-bond acceptors (Lipinski definition) is 4. The van der Waals surface area contributed by atoms with Crippen molar-refractivity contribution < 1.29 is 19.8 Å². The van der Waals surface area contributed by atoms with Crippen LogP contribution in [0.2, 0.25) is 0 Å². The van der Waals surface area contributed by atoms with Crippen LogP contribution in [0.1, 0.15) is 5.56 Å². The lowest BCUT2D eigenvalue weighted by molar-refractivity contribution is -0.140. The predicted octanol–water partition coefficient (Wildman–Crippen LogP) is 0.150. The van der Waals surface area contributed by atoms with Crippen molar-refractivity contribution in [1.29, 1.82) is 5.26 Å². The highest BCUT2D eigenvalue weighted by Crippen LogP contribution is 2.14. The highest BCUT2D eigenvalue weighted by molar-refractivity contribution is 5.94. The minimum atomic E-state index is -1.37. The van der Waals surface area contributed by atoms with Gasteiger partial charge in [0, 0.05) is 12.7 Å². The number of nitrogens with zero attached hydrogens (tertiary/aromatic N) is 2. The van der Waals surface area contributed by atoms with E-state index in [2.05, 4.69) is 5.32 Å². The lowest BCUT2D eigenvalue weighted by Crippen LogP contribution is -2.48. The number of carboxylic acid groups (broad SMARTS) is 1. The minimum absolute atomic E-state index is 0.383. The quantitative estimate of drug-likeness (QED) is 0.715. The van der Waals surface area contributed by atoms with Crippen molar-refractivity contribution in [3.8, 4) is 6.07 Å². The molecule has 0 heterocycles. The number of rotatable bonds is 4. The molecule has 0 aliphatic carbocycles. The molecule has 0 fully saturated rings. The van der Waals surface area contributed by atoms with Gasteiger partial charge in [-0.15, -0.1) is 0 Å². The maximum Gasteiger partial charge on any atom is 0.328 e. The van der Waals surface area contributed by atoms with E-state index in [-0.39, 0.29) is 0 Å². The Balaban J connectivity index is 2.82. The zero-order chi connectivity index (χ0) is 14.4. The van der Waals surface area contributed by atoms with Gasteiger partial charge in [-0.1, -0.05) is 6.07 Å². The van der Waals surface area contributed by atoms with E-state index < -0.39 is 24.6 Å². The zero-order valence-corrected chi connectivity index (χ0v) is 10.2. The molecule has 0 radical (unpaired) electrons. The number of aliphatic hydroxyl groups excluding tert-OH is 1. The molecule has 0 spiro atoms. The summed E-state index contributed by atoms with van der Waals surface area (Å²) in [6.45, 7) is -0.701. The fraction of sp³-hybridized carbons (Fsp3) is 0.250. The summed E-state index contributed by atoms with van der Waals surface area (Å²) >= 11 is 0. The molecule has 7 heteroatoms. The Bertz CT molecular complexity index is 524. The molecule has 19 heavy (non-hydrogen) atoms. The average Bonchev–Trinajstić information content (AvgIpc) is 2.43. The summed E-state index contributed by atoms with van der Waals surface area (Å²) in [6.07, 6.45) is 0. The van der Waals surface area contributed by atoms with Gasteiger partial charge in [0.2, 0.25) is 0 Å². The third-order valence-corrected chi connectivity index (χ3v) is 2.45. The van der Waals surface area contributed by atoms with E-state index in [1.807, 2.05) is 6.07 Å². The van der Waals surface area contributed by atoms with Crippen LogP contribution >= 0.6 is 0 Å². The van der Waals surface area contributed by atoms with Crippen molar-refractivity contribution >= 4 is 17.7 Å². The third kappa shape index (κ3) is 3.69. The molecule has 0 saturated heterocycles. The van der Waals surface area contributed by atoms with E-state index in [1.54, 1.807) is 18.2 Å². The van der Waals surface area contributed by atoms with E-state index in [9.17, 15) is 9.59 Å². The summed E-state index contributed by atoms with van der Waals surface area (Å²) in [6, 6.07) is 6.18. The Kier molecular flexibility index (Phi) is 4.85. The number of carboxylic acids is 1. The first-order valence-electron chi connectivity index (χ1n) is 5.37. The van der Waals surface area contributed by atoms with Crippen LogP contribution < -0.4 is 10.2 Å². The molecule has 1 aromatic rings. The van der Waals surface area contributed by atoms with Gasteiger partial charge in [0.05, 0.1) is 18.2 Å². The van der Waals surface area contributed by atoms with Gasteiger partial charge < -0.3 is 15.5 Å². The topological polar surface area (TPSA) is 114 Å². The van der Waals surface area contributed by atoms with Crippen molar-refractivity contribution in [1.82, 2.24) is 5.32 Å². The van der Waals surface area contributed by atoms with Crippen molar-refractivity contribution in [3.05, 3.63) is 29.8 Å². The second-order valence-corrected chi connectivity index (χ2v) is 3.74. The lowest BCUT2D eigenvalue weighted by Gasteiger charge is -2.20. The molecule has 7 nitrogen and oxygen atoms in total. The number of carbonyl (C=O) groups is 2. The van der Waals surface area contributed by atoms with E-state index in [4.69, 9.17) is 15.5 Å². The smallest absolute Gasteiger partial charge is 0.328 e. The Morgan fingerprint density at radius 3 is 2.74 bits per heavy atom. The molecule has 1 aromatic carbocycles. The minimum Gasteiger partial charge on any atom is -0.480 e. The number of benzene rings is 1. The Morgan fingerprint density at radius 1 is 1.53 bits per heavy atom. The van der Waals surface area contributed by atoms with Crippen LogP contribution in [0.3, 0.4) is 0 Å². The first kappa shape index (κ1) is 14.5. The molecular formula is C12H13N3O4. The second-order valence-electron chi connectivity index (χ2n) is 3.74. The molecule has 3 N–H and O–H groups in total. The first-order valence-corrected chi connectivity index (χ1v) is 5.37. The fourth-order valence-electron chi connectivity index (χ4n) is 1.33. The van der Waals surface area contributed by atoms with E-state index in [0.717, 1.165) is 4.90 Å². The molecule has 2 amide bonds. The van der Waals surface area contributed by atoms with Gasteiger partial charge in [-0.25, -0.2) is 9.59 Å². The molecule has 0 aromatic heterocycles. The average molecular weight is 263 g/mol. The van der Waals surface area contributed by atoms with Gasteiger partial charge in [0.1, 0.15) is 0 Å². The maximum atomic E-state index is 11.8. The second kappa shape index (κ2) is 6.37.